The Kier molecular flexibility index (Phi) is 7.15. The van der Waals surface area contributed by atoms with Crippen LogP contribution in [0.1, 0.15) is 11.1 Å². The van der Waals surface area contributed by atoms with Crippen LogP contribution in [-0.4, -0.2) is 29.9 Å². The van der Waals surface area contributed by atoms with E-state index in [1.165, 1.54) is 45.2 Å². The van der Waals surface area contributed by atoms with Gasteiger partial charge in [-0.3, -0.25) is 0 Å². The zero-order valence-corrected chi connectivity index (χ0v) is 19.2. The Hall–Kier alpha value is -0.940. The Morgan fingerprint density at radius 2 is 0.750 bits per heavy atom. The van der Waals surface area contributed by atoms with Crippen molar-refractivity contribution in [3.05, 3.63) is 66.8 Å². The summed E-state index contributed by atoms with van der Waals surface area (Å²) in [6.45, 7) is 0. The third-order valence-electron chi connectivity index (χ3n) is 4.46. The molecule has 0 saturated heterocycles. The number of benzene rings is 2. The largest absolute Gasteiger partial charge is 0.460 e. The molecule has 2 aromatic carbocycles. The first-order valence-corrected chi connectivity index (χ1v) is 10.2. The second-order valence-electron chi connectivity index (χ2n) is 6.41. The van der Waals surface area contributed by atoms with Crippen molar-refractivity contribution in [2.75, 3.05) is 0 Å². The molecule has 0 radical (unpaired) electrons. The average molecular weight is 706 g/mol. The molecule has 0 bridgehead atoms. The summed E-state index contributed by atoms with van der Waals surface area (Å²) >= 11 is 2.41. The first-order valence-electron chi connectivity index (χ1n) is 8.05. The Bertz CT molecular complexity index is 938. The molecule has 0 atom stereocenters. The topological polar surface area (TPSA) is 0 Å². The quantitative estimate of drug-likeness (QED) is 0.210. The maximum Gasteiger partial charge on any atom is 0.460 e. The van der Waals surface area contributed by atoms with Crippen molar-refractivity contribution in [1.82, 2.24) is 0 Å². The van der Waals surface area contributed by atoms with E-state index in [9.17, 15) is 39.5 Å². The van der Waals surface area contributed by atoms with Crippen LogP contribution < -0.4 is 0 Å². The smallest absolute Gasteiger partial charge is 0.226 e. The van der Waals surface area contributed by atoms with Gasteiger partial charge in [-0.05, 0) is 57.3 Å². The van der Waals surface area contributed by atoms with Gasteiger partial charge in [0.05, 0.1) is 0 Å². The van der Waals surface area contributed by atoms with Gasteiger partial charge in [0, 0.05) is 18.3 Å². The highest BCUT2D eigenvalue weighted by Crippen LogP contribution is 2.63. The zero-order chi connectivity index (χ0) is 25.0. The van der Waals surface area contributed by atoms with Gasteiger partial charge in [-0.15, -0.1) is 0 Å². The fraction of sp³-hybridized carbons (Fsp3) is 0.333. The summed E-state index contributed by atoms with van der Waals surface area (Å²) in [6.07, 6.45) is -7.34. The minimum Gasteiger partial charge on any atom is -0.226 e. The highest BCUT2D eigenvalue weighted by atomic mass is 127. The van der Waals surface area contributed by atoms with Gasteiger partial charge >= 0.3 is 29.9 Å². The van der Waals surface area contributed by atoms with Crippen molar-refractivity contribution < 1.29 is 52.7 Å². The van der Waals surface area contributed by atoms with E-state index in [1.807, 2.05) is 0 Å². The Labute approximate surface area is 199 Å². The molecule has 0 heterocycles. The van der Waals surface area contributed by atoms with Gasteiger partial charge in [0.1, 0.15) is 0 Å². The SMILES string of the molecule is FC(F)(F)C(F)(F)C(F)(F)C(F)(F)C(F)(F)C(F)(c1ccccc1I)c1ccccc1I. The van der Waals surface area contributed by atoms with Gasteiger partial charge in [0.15, 0.2) is 0 Å². The number of hydrogen-bond acceptors (Lipinski definition) is 0. The first-order chi connectivity index (χ1) is 14.3. The minimum absolute atomic E-state index is 0.506. The van der Waals surface area contributed by atoms with Crippen molar-refractivity contribution in [3.8, 4) is 0 Å². The zero-order valence-electron chi connectivity index (χ0n) is 14.9. The van der Waals surface area contributed by atoms with Crippen LogP contribution in [0.3, 0.4) is 0 Å². The lowest BCUT2D eigenvalue weighted by molar-refractivity contribution is -0.431. The molecule has 0 fully saturated rings. The first kappa shape index (κ1) is 27.3. The monoisotopic (exact) mass is 706 g/mol. The van der Waals surface area contributed by atoms with E-state index in [0.717, 1.165) is 36.4 Å². The predicted molar refractivity (Wildman–Crippen MR) is 106 cm³/mol. The van der Waals surface area contributed by atoms with E-state index >= 15 is 13.2 Å². The summed E-state index contributed by atoms with van der Waals surface area (Å²) in [5.41, 5.74) is -7.60. The van der Waals surface area contributed by atoms with E-state index in [4.69, 9.17) is 0 Å². The van der Waals surface area contributed by atoms with Gasteiger partial charge in [0.25, 0.3) is 0 Å². The molecule has 2 aromatic rings. The second-order valence-corrected chi connectivity index (χ2v) is 8.74. The van der Waals surface area contributed by atoms with Crippen LogP contribution in [0.2, 0.25) is 0 Å². The van der Waals surface area contributed by atoms with E-state index in [0.29, 0.717) is 12.1 Å². The molecule has 0 aliphatic carbocycles. The van der Waals surface area contributed by atoms with E-state index in [1.54, 1.807) is 0 Å². The molecule has 2 rings (SSSR count). The van der Waals surface area contributed by atoms with Crippen molar-refractivity contribution in [2.24, 2.45) is 0 Å². The van der Waals surface area contributed by atoms with Crippen LogP contribution in [0.25, 0.3) is 0 Å². The third-order valence-corrected chi connectivity index (χ3v) is 6.34. The predicted octanol–water partition coefficient (Wildman–Crippen LogP) is 8.21. The lowest BCUT2D eigenvalue weighted by atomic mass is 9.77. The van der Waals surface area contributed by atoms with Crippen LogP contribution in [-0.2, 0) is 5.67 Å². The van der Waals surface area contributed by atoms with Crippen LogP contribution in [0, 0.1) is 7.14 Å². The van der Waals surface area contributed by atoms with E-state index < -0.39 is 53.8 Å². The molecule has 0 aromatic heterocycles. The molecular formula is C18H8F12I2. The summed E-state index contributed by atoms with van der Waals surface area (Å²) in [5, 5.41) is 0. The summed E-state index contributed by atoms with van der Waals surface area (Å²) in [4.78, 5) is 0. The Morgan fingerprint density at radius 3 is 1.06 bits per heavy atom. The molecule has 0 unspecified atom stereocenters. The summed E-state index contributed by atoms with van der Waals surface area (Å²) in [7, 11) is 0. The van der Waals surface area contributed by atoms with Crippen LogP contribution in [0.4, 0.5) is 52.7 Å². The number of halogens is 14. The molecule has 14 heteroatoms. The molecule has 0 nitrogen and oxygen atoms in total. The standard InChI is InChI=1S/C18H8F12I2/c19-13(9-5-1-3-7-11(9)31,10-6-2-4-8-12(10)32)14(20,21)15(22,23)16(24,25)17(26,27)18(28,29)30/h1-8H. The van der Waals surface area contributed by atoms with Gasteiger partial charge < -0.3 is 0 Å². The Balaban J connectivity index is 2.93. The molecule has 32 heavy (non-hydrogen) atoms. The fourth-order valence-electron chi connectivity index (χ4n) is 2.75. The van der Waals surface area contributed by atoms with Gasteiger partial charge in [-0.2, -0.15) is 48.3 Å². The fourth-order valence-corrected chi connectivity index (χ4v) is 4.27. The molecule has 0 amide bonds. The molecule has 0 N–H and O–H groups in total. The van der Waals surface area contributed by atoms with Gasteiger partial charge in [-0.25, -0.2) is 4.39 Å². The van der Waals surface area contributed by atoms with Crippen molar-refractivity contribution in [3.63, 3.8) is 0 Å². The van der Waals surface area contributed by atoms with Crippen molar-refractivity contribution in [1.29, 1.82) is 0 Å². The van der Waals surface area contributed by atoms with Gasteiger partial charge in [-0.1, -0.05) is 36.4 Å². The number of hydrogen-bond donors (Lipinski definition) is 0. The van der Waals surface area contributed by atoms with Crippen LogP contribution in [0.5, 0.6) is 0 Å². The third kappa shape index (κ3) is 3.76. The lowest BCUT2D eigenvalue weighted by Gasteiger charge is -2.43. The minimum atomic E-state index is -7.72. The van der Waals surface area contributed by atoms with E-state index in [2.05, 4.69) is 0 Å². The maximum atomic E-state index is 16.2. The normalized spacial score (nSPS) is 14.6. The van der Waals surface area contributed by atoms with E-state index in [-0.39, 0.29) is 0 Å². The number of rotatable bonds is 6. The van der Waals surface area contributed by atoms with Crippen molar-refractivity contribution >= 4 is 45.2 Å². The highest BCUT2D eigenvalue weighted by Gasteiger charge is 2.90. The summed E-state index contributed by atoms with van der Waals surface area (Å²) in [5.74, 6) is -29.6. The average Bonchev–Trinajstić information content (AvgIpc) is 2.66. The highest BCUT2D eigenvalue weighted by molar-refractivity contribution is 14.1. The van der Waals surface area contributed by atoms with Crippen molar-refractivity contribution in [2.45, 2.75) is 35.5 Å². The van der Waals surface area contributed by atoms with Crippen LogP contribution >= 0.6 is 45.2 Å². The van der Waals surface area contributed by atoms with Crippen LogP contribution in [0.15, 0.2) is 48.5 Å². The second kappa shape index (κ2) is 8.37. The molecule has 0 aliphatic heterocycles. The molecule has 178 valence electrons. The molecular weight excluding hydrogens is 698 g/mol. The van der Waals surface area contributed by atoms with Gasteiger partial charge in [0.2, 0.25) is 5.67 Å². The number of alkyl halides is 12. The molecule has 0 aliphatic rings. The lowest BCUT2D eigenvalue weighted by Crippen LogP contribution is -2.70. The summed E-state index contributed by atoms with van der Waals surface area (Å²) < 4.78 is 166. The molecule has 0 saturated carbocycles. The molecule has 0 spiro atoms. The summed E-state index contributed by atoms with van der Waals surface area (Å²) in [6, 6.07) is 6.91. The maximum absolute atomic E-state index is 16.2. The Morgan fingerprint density at radius 1 is 0.438 bits per heavy atom.